The van der Waals surface area contributed by atoms with Crippen molar-refractivity contribution in [2.75, 3.05) is 10.2 Å². The van der Waals surface area contributed by atoms with Gasteiger partial charge in [-0.15, -0.1) is 0 Å². The third-order valence-electron chi connectivity index (χ3n) is 5.35. The first-order valence-corrected chi connectivity index (χ1v) is 9.71. The lowest BCUT2D eigenvalue weighted by Crippen LogP contribution is -2.28. The van der Waals surface area contributed by atoms with Gasteiger partial charge in [-0.2, -0.15) is 0 Å². The Morgan fingerprint density at radius 2 is 1.14 bits per heavy atom. The molecule has 0 amide bonds. The molecule has 0 bridgehead atoms. The third kappa shape index (κ3) is 2.84. The molecule has 1 N–H and O–H groups in total. The van der Waals surface area contributed by atoms with Gasteiger partial charge in [-0.25, -0.2) is 0 Å². The second-order valence-corrected chi connectivity index (χ2v) is 7.17. The maximum Gasteiger partial charge on any atom is 0.101 e. The fourth-order valence-corrected chi connectivity index (χ4v) is 4.07. The minimum absolute atomic E-state index is 0.201. The topological polar surface area (TPSA) is 15.3 Å². The Morgan fingerprint density at radius 3 is 1.71 bits per heavy atom. The van der Waals surface area contributed by atoms with Crippen molar-refractivity contribution in [1.82, 2.24) is 0 Å². The normalized spacial score (nSPS) is 15.2. The Hall–Kier alpha value is -3.52. The van der Waals surface area contributed by atoms with Crippen molar-refractivity contribution in [1.29, 1.82) is 0 Å². The zero-order valence-corrected chi connectivity index (χ0v) is 15.8. The second-order valence-electron chi connectivity index (χ2n) is 7.17. The summed E-state index contributed by atoms with van der Waals surface area (Å²) < 4.78 is 0. The molecule has 0 spiro atoms. The molecule has 0 saturated carbocycles. The average Bonchev–Trinajstić information content (AvgIpc) is 3.09. The maximum absolute atomic E-state index is 3.66. The lowest BCUT2D eigenvalue weighted by Gasteiger charge is -2.24. The number of hydrogen-bond donors (Lipinski definition) is 1. The van der Waals surface area contributed by atoms with E-state index in [1.807, 2.05) is 0 Å². The molecule has 2 heteroatoms. The molecule has 4 aromatic carbocycles. The predicted molar refractivity (Wildman–Crippen MR) is 119 cm³/mol. The first-order chi connectivity index (χ1) is 13.8. The number of nitrogens with zero attached hydrogens (tertiary/aromatic N) is 1. The molecule has 2 nitrogen and oxygen atoms in total. The zero-order valence-electron chi connectivity index (χ0n) is 15.8. The number of fused-ring (bicyclic) bond motifs is 1. The van der Waals surface area contributed by atoms with Crippen LogP contribution >= 0.6 is 0 Å². The number of benzene rings is 4. The van der Waals surface area contributed by atoms with Gasteiger partial charge in [-0.3, -0.25) is 0 Å². The molecule has 1 heterocycles. The van der Waals surface area contributed by atoms with Gasteiger partial charge in [-0.05, 0) is 53.4 Å². The first kappa shape index (κ1) is 16.6. The lowest BCUT2D eigenvalue weighted by atomic mass is 9.93. The largest absolute Gasteiger partial charge is 0.363 e. The van der Waals surface area contributed by atoms with E-state index in [-0.39, 0.29) is 6.17 Å². The Bertz CT molecular complexity index is 1090. The molecule has 0 aliphatic carbocycles. The zero-order chi connectivity index (χ0) is 18.9. The summed E-state index contributed by atoms with van der Waals surface area (Å²) in [5, 5.41) is 3.66. The molecule has 28 heavy (non-hydrogen) atoms. The molecule has 1 aliphatic heterocycles. The van der Waals surface area contributed by atoms with Crippen LogP contribution < -0.4 is 10.2 Å². The molecule has 1 aliphatic rings. The summed E-state index contributed by atoms with van der Waals surface area (Å²) in [4.78, 5) is 2.37. The van der Waals surface area contributed by atoms with E-state index in [1.165, 1.54) is 39.3 Å². The molecule has 0 aromatic heterocycles. The smallest absolute Gasteiger partial charge is 0.101 e. The number of para-hydroxylation sites is 1. The van der Waals surface area contributed by atoms with Crippen molar-refractivity contribution in [3.8, 4) is 22.3 Å². The van der Waals surface area contributed by atoms with E-state index in [0.717, 1.165) is 0 Å². The fourth-order valence-electron chi connectivity index (χ4n) is 4.07. The standard InChI is InChI=1S/C26H22N2/c1-19-27-25-17-23(20-11-5-2-6-12-20)24(21-13-7-3-8-14-21)18-26(25)28(19)22-15-9-4-10-16-22/h2-19,27H,1H3. The van der Waals surface area contributed by atoms with E-state index in [1.54, 1.807) is 0 Å². The highest BCUT2D eigenvalue weighted by Gasteiger charge is 2.28. The van der Waals surface area contributed by atoms with Gasteiger partial charge in [0.05, 0.1) is 11.4 Å². The summed E-state index contributed by atoms with van der Waals surface area (Å²) in [6.45, 7) is 2.21. The highest BCUT2D eigenvalue weighted by atomic mass is 15.3. The van der Waals surface area contributed by atoms with Crippen LogP contribution in [0.1, 0.15) is 6.92 Å². The van der Waals surface area contributed by atoms with Gasteiger partial charge < -0.3 is 10.2 Å². The van der Waals surface area contributed by atoms with Crippen LogP contribution in [0.15, 0.2) is 103 Å². The molecule has 136 valence electrons. The van der Waals surface area contributed by atoms with Gasteiger partial charge in [0, 0.05) is 5.69 Å². The van der Waals surface area contributed by atoms with Gasteiger partial charge in [0.15, 0.2) is 0 Å². The predicted octanol–water partition coefficient (Wildman–Crippen LogP) is 6.93. The van der Waals surface area contributed by atoms with Crippen LogP contribution in [0.4, 0.5) is 17.1 Å². The van der Waals surface area contributed by atoms with E-state index in [0.29, 0.717) is 0 Å². The van der Waals surface area contributed by atoms with Crippen LogP contribution in [-0.2, 0) is 0 Å². The third-order valence-corrected chi connectivity index (χ3v) is 5.35. The molecule has 4 aromatic rings. The van der Waals surface area contributed by atoms with E-state index in [2.05, 4.69) is 120 Å². The van der Waals surface area contributed by atoms with Gasteiger partial charge in [-0.1, -0.05) is 78.9 Å². The van der Waals surface area contributed by atoms with Gasteiger partial charge >= 0.3 is 0 Å². The highest BCUT2D eigenvalue weighted by Crippen LogP contribution is 2.46. The van der Waals surface area contributed by atoms with Crippen molar-refractivity contribution < 1.29 is 0 Å². The summed E-state index contributed by atoms with van der Waals surface area (Å²) in [5.74, 6) is 0. The lowest BCUT2D eigenvalue weighted by molar-refractivity contribution is 0.843. The Labute approximate surface area is 166 Å². The first-order valence-electron chi connectivity index (χ1n) is 9.71. The van der Waals surface area contributed by atoms with Crippen LogP contribution in [-0.4, -0.2) is 6.17 Å². The van der Waals surface area contributed by atoms with Crippen LogP contribution in [0.25, 0.3) is 22.3 Å². The van der Waals surface area contributed by atoms with Crippen molar-refractivity contribution >= 4 is 17.1 Å². The Kier molecular flexibility index (Phi) is 4.10. The number of hydrogen-bond acceptors (Lipinski definition) is 2. The van der Waals surface area contributed by atoms with E-state index in [4.69, 9.17) is 0 Å². The minimum Gasteiger partial charge on any atom is -0.363 e. The summed E-state index contributed by atoms with van der Waals surface area (Å²) in [7, 11) is 0. The second kappa shape index (κ2) is 6.90. The monoisotopic (exact) mass is 362 g/mol. The van der Waals surface area contributed by atoms with Gasteiger partial charge in [0.1, 0.15) is 6.17 Å². The van der Waals surface area contributed by atoms with Gasteiger partial charge in [0.2, 0.25) is 0 Å². The van der Waals surface area contributed by atoms with Crippen molar-refractivity contribution in [3.05, 3.63) is 103 Å². The minimum atomic E-state index is 0.201. The van der Waals surface area contributed by atoms with Crippen LogP contribution in [0.5, 0.6) is 0 Å². The van der Waals surface area contributed by atoms with E-state index >= 15 is 0 Å². The molecular weight excluding hydrogens is 340 g/mol. The summed E-state index contributed by atoms with van der Waals surface area (Å²) in [6, 6.07) is 36.5. The molecular formula is C26H22N2. The number of anilines is 3. The molecule has 1 atom stereocenters. The summed E-state index contributed by atoms with van der Waals surface area (Å²) >= 11 is 0. The molecule has 5 rings (SSSR count). The van der Waals surface area contributed by atoms with Crippen molar-refractivity contribution in [2.45, 2.75) is 13.1 Å². The fraction of sp³-hybridized carbons (Fsp3) is 0.0769. The SMILES string of the molecule is CC1Nc2cc(-c3ccccc3)c(-c3ccccc3)cc2N1c1ccccc1. The van der Waals surface area contributed by atoms with Crippen molar-refractivity contribution in [2.24, 2.45) is 0 Å². The molecule has 0 fully saturated rings. The quantitative estimate of drug-likeness (QED) is 0.425. The van der Waals surface area contributed by atoms with Crippen LogP contribution in [0.3, 0.4) is 0 Å². The Balaban J connectivity index is 1.73. The molecule has 1 unspecified atom stereocenters. The van der Waals surface area contributed by atoms with Crippen LogP contribution in [0, 0.1) is 0 Å². The van der Waals surface area contributed by atoms with Crippen LogP contribution in [0.2, 0.25) is 0 Å². The molecule has 0 saturated heterocycles. The van der Waals surface area contributed by atoms with Gasteiger partial charge in [0.25, 0.3) is 0 Å². The molecule has 0 radical (unpaired) electrons. The van der Waals surface area contributed by atoms with Crippen molar-refractivity contribution in [3.63, 3.8) is 0 Å². The number of rotatable bonds is 3. The van der Waals surface area contributed by atoms with E-state index < -0.39 is 0 Å². The average molecular weight is 362 g/mol. The Morgan fingerprint density at radius 1 is 0.643 bits per heavy atom. The highest BCUT2D eigenvalue weighted by molar-refractivity contribution is 5.94. The summed E-state index contributed by atoms with van der Waals surface area (Å²) in [6.07, 6.45) is 0.201. The van der Waals surface area contributed by atoms with E-state index in [9.17, 15) is 0 Å². The summed E-state index contributed by atoms with van der Waals surface area (Å²) in [5.41, 5.74) is 8.57. The number of nitrogens with one attached hydrogen (secondary N) is 1. The maximum atomic E-state index is 3.66.